The Balaban J connectivity index is 1.94. The molecule has 5 heteroatoms. The second kappa shape index (κ2) is 4.99. The second-order valence-electron chi connectivity index (χ2n) is 4.13. The van der Waals surface area contributed by atoms with E-state index in [1.807, 2.05) is 18.7 Å². The van der Waals surface area contributed by atoms with Crippen molar-refractivity contribution >= 4 is 11.8 Å². The summed E-state index contributed by atoms with van der Waals surface area (Å²) in [4.78, 5) is 0. The van der Waals surface area contributed by atoms with Gasteiger partial charge in [0.2, 0.25) is 0 Å². The van der Waals surface area contributed by atoms with Crippen molar-refractivity contribution in [3.05, 3.63) is 11.6 Å². The number of nitrogens with two attached hydrogens (primary N) is 1. The molecule has 15 heavy (non-hydrogen) atoms. The lowest BCUT2D eigenvalue weighted by Gasteiger charge is -2.14. The van der Waals surface area contributed by atoms with Crippen LogP contribution in [0.15, 0.2) is 0 Å². The molecule has 0 radical (unpaired) electrons. The van der Waals surface area contributed by atoms with Crippen molar-refractivity contribution in [1.82, 2.24) is 14.8 Å². The van der Waals surface area contributed by atoms with Gasteiger partial charge in [0.05, 0.1) is 5.75 Å². The maximum Gasteiger partial charge on any atom is 0.143 e. The van der Waals surface area contributed by atoms with Gasteiger partial charge in [0.1, 0.15) is 11.6 Å². The van der Waals surface area contributed by atoms with E-state index in [0.717, 1.165) is 36.1 Å². The maximum atomic E-state index is 5.71. The third kappa shape index (κ3) is 2.72. The molecule has 84 valence electrons. The van der Waals surface area contributed by atoms with Crippen molar-refractivity contribution < 1.29 is 0 Å². The van der Waals surface area contributed by atoms with Crippen molar-refractivity contribution in [3.8, 4) is 0 Å². The molecule has 2 N–H and O–H groups in total. The molecule has 2 heterocycles. The SMILES string of the molecule is CC(N)CSCc1nnc2n1CCCC2. The van der Waals surface area contributed by atoms with E-state index in [0.29, 0.717) is 0 Å². The predicted molar refractivity (Wildman–Crippen MR) is 62.8 cm³/mol. The number of thioether (sulfide) groups is 1. The van der Waals surface area contributed by atoms with Crippen molar-refractivity contribution in [2.45, 2.75) is 44.5 Å². The molecule has 1 aromatic rings. The lowest BCUT2D eigenvalue weighted by atomic mass is 10.2. The van der Waals surface area contributed by atoms with E-state index < -0.39 is 0 Å². The van der Waals surface area contributed by atoms with E-state index in [9.17, 15) is 0 Å². The molecular formula is C10H18N4S. The van der Waals surface area contributed by atoms with Gasteiger partial charge >= 0.3 is 0 Å². The largest absolute Gasteiger partial charge is 0.327 e. The van der Waals surface area contributed by atoms with Crippen LogP contribution in [0.4, 0.5) is 0 Å². The van der Waals surface area contributed by atoms with E-state index in [-0.39, 0.29) is 6.04 Å². The van der Waals surface area contributed by atoms with Gasteiger partial charge in [-0.25, -0.2) is 0 Å². The van der Waals surface area contributed by atoms with E-state index in [1.54, 1.807) is 0 Å². The van der Waals surface area contributed by atoms with Gasteiger partial charge in [-0.1, -0.05) is 0 Å². The minimum Gasteiger partial charge on any atom is -0.327 e. The molecule has 1 aliphatic heterocycles. The van der Waals surface area contributed by atoms with Crippen molar-refractivity contribution in [1.29, 1.82) is 0 Å². The number of aryl methyl sites for hydroxylation is 1. The Hall–Kier alpha value is -0.550. The first kappa shape index (κ1) is 11.0. The predicted octanol–water partition coefficient (Wildman–Crippen LogP) is 1.19. The fourth-order valence-corrected chi connectivity index (χ4v) is 2.70. The fourth-order valence-electron chi connectivity index (χ4n) is 1.81. The molecule has 0 spiro atoms. The van der Waals surface area contributed by atoms with Gasteiger partial charge in [0.25, 0.3) is 0 Å². The van der Waals surface area contributed by atoms with Gasteiger partial charge in [-0.3, -0.25) is 0 Å². The zero-order valence-electron chi connectivity index (χ0n) is 9.15. The first-order valence-electron chi connectivity index (χ1n) is 5.51. The molecule has 1 atom stereocenters. The molecule has 1 aliphatic rings. The molecule has 4 nitrogen and oxygen atoms in total. The number of nitrogens with zero attached hydrogens (tertiary/aromatic N) is 3. The molecule has 0 aliphatic carbocycles. The van der Waals surface area contributed by atoms with Gasteiger partial charge in [-0.05, 0) is 19.8 Å². The average molecular weight is 226 g/mol. The summed E-state index contributed by atoms with van der Waals surface area (Å²) in [5.41, 5.74) is 5.71. The molecule has 2 rings (SSSR count). The highest BCUT2D eigenvalue weighted by Gasteiger charge is 2.15. The molecule has 0 bridgehead atoms. The highest BCUT2D eigenvalue weighted by Crippen LogP contribution is 2.18. The van der Waals surface area contributed by atoms with Crippen LogP contribution in [0.1, 0.15) is 31.4 Å². The normalized spacial score (nSPS) is 17.5. The number of hydrogen-bond donors (Lipinski definition) is 1. The number of fused-ring (bicyclic) bond motifs is 1. The van der Waals surface area contributed by atoms with Crippen LogP contribution in [0.2, 0.25) is 0 Å². The summed E-state index contributed by atoms with van der Waals surface area (Å²) in [6.07, 6.45) is 3.60. The summed E-state index contributed by atoms with van der Waals surface area (Å²) < 4.78 is 2.28. The topological polar surface area (TPSA) is 56.7 Å². The Labute approximate surface area is 94.6 Å². The van der Waals surface area contributed by atoms with Crippen LogP contribution >= 0.6 is 11.8 Å². The lowest BCUT2D eigenvalue weighted by molar-refractivity contribution is 0.513. The zero-order chi connectivity index (χ0) is 10.7. The van der Waals surface area contributed by atoms with Crippen LogP contribution < -0.4 is 5.73 Å². The second-order valence-corrected chi connectivity index (χ2v) is 5.16. The van der Waals surface area contributed by atoms with Crippen LogP contribution in [0, 0.1) is 0 Å². The molecule has 1 aromatic heterocycles. The summed E-state index contributed by atoms with van der Waals surface area (Å²) in [7, 11) is 0. The van der Waals surface area contributed by atoms with Crippen molar-refractivity contribution in [2.75, 3.05) is 5.75 Å². The zero-order valence-corrected chi connectivity index (χ0v) is 9.96. The van der Waals surface area contributed by atoms with Gasteiger partial charge in [-0.15, -0.1) is 10.2 Å². The van der Waals surface area contributed by atoms with Crippen LogP contribution in [0.3, 0.4) is 0 Å². The van der Waals surface area contributed by atoms with E-state index in [1.165, 1.54) is 12.8 Å². The van der Waals surface area contributed by atoms with E-state index in [2.05, 4.69) is 14.8 Å². The monoisotopic (exact) mass is 226 g/mol. The smallest absolute Gasteiger partial charge is 0.143 e. The summed E-state index contributed by atoms with van der Waals surface area (Å²) >= 11 is 1.84. The molecule has 0 saturated heterocycles. The number of rotatable bonds is 4. The van der Waals surface area contributed by atoms with Crippen LogP contribution in [0.25, 0.3) is 0 Å². The number of hydrogen-bond acceptors (Lipinski definition) is 4. The summed E-state index contributed by atoms with van der Waals surface area (Å²) in [6, 6.07) is 0.263. The molecule has 0 aromatic carbocycles. The lowest BCUT2D eigenvalue weighted by Crippen LogP contribution is -2.18. The first-order valence-corrected chi connectivity index (χ1v) is 6.67. The van der Waals surface area contributed by atoms with Crippen molar-refractivity contribution in [3.63, 3.8) is 0 Å². The van der Waals surface area contributed by atoms with Gasteiger partial charge < -0.3 is 10.3 Å². The van der Waals surface area contributed by atoms with Crippen LogP contribution in [-0.4, -0.2) is 26.6 Å². The Bertz CT molecular complexity index is 321. The number of aromatic nitrogens is 3. The van der Waals surface area contributed by atoms with Gasteiger partial charge in [-0.2, -0.15) is 11.8 Å². The molecule has 1 unspecified atom stereocenters. The summed E-state index contributed by atoms with van der Waals surface area (Å²) in [5.74, 6) is 4.21. The molecule has 0 saturated carbocycles. The Kier molecular flexibility index (Phi) is 3.64. The summed E-state index contributed by atoms with van der Waals surface area (Å²) in [6.45, 7) is 3.13. The van der Waals surface area contributed by atoms with Crippen LogP contribution in [0.5, 0.6) is 0 Å². The van der Waals surface area contributed by atoms with E-state index >= 15 is 0 Å². The highest BCUT2D eigenvalue weighted by atomic mass is 32.2. The molecular weight excluding hydrogens is 208 g/mol. The first-order chi connectivity index (χ1) is 7.27. The average Bonchev–Trinajstić information content (AvgIpc) is 2.62. The standard InChI is InChI=1S/C10H18N4S/c1-8(11)6-15-7-10-13-12-9-4-2-3-5-14(9)10/h8H,2-7,11H2,1H3. The Morgan fingerprint density at radius 1 is 1.47 bits per heavy atom. The maximum absolute atomic E-state index is 5.71. The third-order valence-electron chi connectivity index (χ3n) is 2.55. The van der Waals surface area contributed by atoms with E-state index in [4.69, 9.17) is 5.73 Å². The Morgan fingerprint density at radius 3 is 3.13 bits per heavy atom. The van der Waals surface area contributed by atoms with Gasteiger partial charge in [0.15, 0.2) is 0 Å². The Morgan fingerprint density at radius 2 is 2.33 bits per heavy atom. The minimum atomic E-state index is 0.263. The van der Waals surface area contributed by atoms with Crippen LogP contribution in [-0.2, 0) is 18.7 Å². The summed E-state index contributed by atoms with van der Waals surface area (Å²) in [5, 5.41) is 8.47. The minimum absolute atomic E-state index is 0.263. The van der Waals surface area contributed by atoms with Gasteiger partial charge in [0, 0.05) is 24.8 Å². The quantitative estimate of drug-likeness (QED) is 0.838. The highest BCUT2D eigenvalue weighted by molar-refractivity contribution is 7.98. The molecule has 0 amide bonds. The fraction of sp³-hybridized carbons (Fsp3) is 0.800. The molecule has 0 fully saturated rings. The third-order valence-corrected chi connectivity index (χ3v) is 3.77. The van der Waals surface area contributed by atoms with Crippen molar-refractivity contribution in [2.24, 2.45) is 5.73 Å².